The van der Waals surface area contributed by atoms with Crippen LogP contribution in [0.1, 0.15) is 33.4 Å². The van der Waals surface area contributed by atoms with Gasteiger partial charge in [-0.1, -0.05) is 0 Å². The Labute approximate surface area is 232 Å². The van der Waals surface area contributed by atoms with Gasteiger partial charge in [0.25, 0.3) is 0 Å². The molecule has 1 aliphatic rings. The Morgan fingerprint density at radius 2 is 0.619 bits per heavy atom. The fraction of sp³-hybridized carbons (Fsp3) is 0. The predicted molar refractivity (Wildman–Crippen MR) is 131 cm³/mol. The lowest BCUT2D eigenvalue weighted by atomic mass is 10.0. The molecule has 0 atom stereocenters. The molecular weight excluding hydrogens is 558 g/mol. The van der Waals surface area contributed by atoms with Gasteiger partial charge in [0.05, 0.1) is 33.4 Å². The summed E-state index contributed by atoms with van der Waals surface area (Å²) in [5.74, 6) is -7.61. The summed E-state index contributed by atoms with van der Waals surface area (Å²) in [6.07, 6.45) is 0. The Bertz CT molecular complexity index is 1860. The number of halogens is 6. The minimum absolute atomic E-state index is 0.472. The summed E-state index contributed by atoms with van der Waals surface area (Å²) in [5, 5.41) is 56.7. The maximum atomic E-state index is 15.0. The van der Waals surface area contributed by atoms with Crippen molar-refractivity contribution in [2.45, 2.75) is 0 Å². The highest BCUT2D eigenvalue weighted by molar-refractivity contribution is 6.12. The van der Waals surface area contributed by atoms with Crippen molar-refractivity contribution in [3.8, 4) is 36.4 Å². The van der Waals surface area contributed by atoms with Gasteiger partial charge in [-0.3, -0.25) is 0 Å². The molecule has 0 amide bonds. The van der Waals surface area contributed by atoms with Crippen molar-refractivity contribution >= 4 is 16.7 Å². The van der Waals surface area contributed by atoms with E-state index >= 15 is 0 Å². The fourth-order valence-electron chi connectivity index (χ4n) is 4.16. The van der Waals surface area contributed by atoms with E-state index in [0.29, 0.717) is 36.4 Å². The standard InChI is InChI=1S/C30H6F6N6/c31-22-4-16(25(34)1-13(22)7-37)19(10-40)28-29(20(11-41)17-5-23(32)14(8-38)2-26(17)35)30(28)21(12-42)18-6-24(33)15(9-39)3-27(18)36/h1-6H. The Morgan fingerprint density at radius 3 is 0.810 bits per heavy atom. The van der Waals surface area contributed by atoms with E-state index < -0.39 is 102 Å². The third-order valence-electron chi connectivity index (χ3n) is 6.11. The molecule has 0 spiro atoms. The average molecular weight is 564 g/mol. The van der Waals surface area contributed by atoms with Crippen LogP contribution in [0.4, 0.5) is 26.3 Å². The van der Waals surface area contributed by atoms with Gasteiger partial charge in [0.15, 0.2) is 0 Å². The Hall–Kier alpha value is -6.60. The van der Waals surface area contributed by atoms with Crippen molar-refractivity contribution in [3.63, 3.8) is 0 Å². The highest BCUT2D eigenvalue weighted by Crippen LogP contribution is 2.56. The molecule has 0 saturated heterocycles. The van der Waals surface area contributed by atoms with Crippen LogP contribution in [0.15, 0.2) is 53.1 Å². The average Bonchev–Trinajstić information content (AvgIpc) is 3.68. The van der Waals surface area contributed by atoms with E-state index in [9.17, 15) is 42.1 Å². The largest absolute Gasteiger partial charge is 0.206 e. The molecule has 3 aromatic rings. The summed E-state index contributed by atoms with van der Waals surface area (Å²) < 4.78 is 88.2. The van der Waals surface area contributed by atoms with Crippen molar-refractivity contribution < 1.29 is 26.3 Å². The van der Waals surface area contributed by atoms with E-state index in [-0.39, 0.29) is 0 Å². The van der Waals surface area contributed by atoms with E-state index in [2.05, 4.69) is 0 Å². The van der Waals surface area contributed by atoms with Crippen LogP contribution < -0.4 is 0 Å². The fourth-order valence-corrected chi connectivity index (χ4v) is 4.16. The highest BCUT2D eigenvalue weighted by Gasteiger charge is 2.43. The minimum Gasteiger partial charge on any atom is -0.206 e. The van der Waals surface area contributed by atoms with Gasteiger partial charge in [-0.25, -0.2) is 26.3 Å². The van der Waals surface area contributed by atoms with Crippen LogP contribution in [0.2, 0.25) is 0 Å². The molecule has 1 aliphatic carbocycles. The Kier molecular flexibility index (Phi) is 7.36. The number of hydrogen-bond acceptors (Lipinski definition) is 6. The zero-order chi connectivity index (χ0) is 30.9. The van der Waals surface area contributed by atoms with Crippen molar-refractivity contribution in [1.29, 1.82) is 31.6 Å². The van der Waals surface area contributed by atoms with E-state index in [0.717, 1.165) is 0 Å². The molecule has 1 saturated carbocycles. The van der Waals surface area contributed by atoms with Crippen LogP contribution in [-0.2, 0) is 0 Å². The summed E-state index contributed by atoms with van der Waals surface area (Å²) >= 11 is 0. The van der Waals surface area contributed by atoms with Crippen LogP contribution in [0.25, 0.3) is 16.7 Å². The second-order valence-corrected chi connectivity index (χ2v) is 8.36. The molecule has 0 radical (unpaired) electrons. The van der Waals surface area contributed by atoms with Gasteiger partial charge in [-0.2, -0.15) is 31.6 Å². The summed E-state index contributed by atoms with van der Waals surface area (Å²) in [4.78, 5) is 0. The maximum absolute atomic E-state index is 15.0. The molecule has 1 fully saturated rings. The molecular formula is C30H6F6N6. The molecule has 0 aliphatic heterocycles. The third kappa shape index (κ3) is 4.59. The number of benzene rings is 3. The first kappa shape index (κ1) is 28.4. The molecule has 0 heterocycles. The molecule has 42 heavy (non-hydrogen) atoms. The van der Waals surface area contributed by atoms with Crippen LogP contribution in [-0.4, -0.2) is 0 Å². The lowest BCUT2D eigenvalue weighted by Gasteiger charge is -2.04. The number of hydrogen-bond donors (Lipinski definition) is 0. The molecule has 0 bridgehead atoms. The SMILES string of the molecule is N#CC(=C1C(=C(C#N)c2cc(F)c(C#N)cc2F)C1=C(C#N)c1cc(F)c(C#N)cc1F)c1cc(F)c(C#N)cc1F. The van der Waals surface area contributed by atoms with Gasteiger partial charge in [0, 0.05) is 33.4 Å². The number of nitrogens with zero attached hydrogens (tertiary/aromatic N) is 6. The van der Waals surface area contributed by atoms with Crippen molar-refractivity contribution in [3.05, 3.63) is 121 Å². The molecule has 4 rings (SSSR count). The molecule has 0 N–H and O–H groups in total. The number of rotatable bonds is 3. The maximum Gasteiger partial charge on any atom is 0.141 e. The quantitative estimate of drug-likeness (QED) is 0.267. The summed E-state index contributed by atoms with van der Waals surface area (Å²) in [7, 11) is 0. The van der Waals surface area contributed by atoms with Crippen LogP contribution in [0.5, 0.6) is 0 Å². The van der Waals surface area contributed by atoms with Gasteiger partial charge in [-0.05, 0) is 36.4 Å². The number of nitriles is 6. The summed E-state index contributed by atoms with van der Waals surface area (Å²) in [5.41, 5.74) is -8.13. The first-order valence-electron chi connectivity index (χ1n) is 11.2. The lowest BCUT2D eigenvalue weighted by molar-refractivity contribution is 0.594. The first-order valence-corrected chi connectivity index (χ1v) is 11.2. The van der Waals surface area contributed by atoms with Gasteiger partial charge >= 0.3 is 0 Å². The molecule has 6 nitrogen and oxygen atoms in total. The molecule has 0 aromatic heterocycles. The van der Waals surface area contributed by atoms with Crippen molar-refractivity contribution in [1.82, 2.24) is 0 Å². The van der Waals surface area contributed by atoms with Crippen molar-refractivity contribution in [2.24, 2.45) is 0 Å². The summed E-state index contributed by atoms with van der Waals surface area (Å²) in [6.45, 7) is 0. The van der Waals surface area contributed by atoms with Crippen molar-refractivity contribution in [2.75, 3.05) is 0 Å². The Morgan fingerprint density at radius 1 is 0.381 bits per heavy atom. The second-order valence-electron chi connectivity index (χ2n) is 8.36. The molecule has 198 valence electrons. The van der Waals surface area contributed by atoms with E-state index in [1.807, 2.05) is 0 Å². The molecule has 12 heteroatoms. The third-order valence-corrected chi connectivity index (χ3v) is 6.11. The van der Waals surface area contributed by atoms with Crippen LogP contribution in [0, 0.1) is 103 Å². The zero-order valence-corrected chi connectivity index (χ0v) is 20.4. The van der Waals surface area contributed by atoms with Gasteiger partial charge in [0.1, 0.15) is 71.3 Å². The van der Waals surface area contributed by atoms with Gasteiger partial charge in [-0.15, -0.1) is 0 Å². The van der Waals surface area contributed by atoms with Crippen LogP contribution >= 0.6 is 0 Å². The van der Waals surface area contributed by atoms with E-state index in [1.165, 1.54) is 18.2 Å². The topological polar surface area (TPSA) is 143 Å². The highest BCUT2D eigenvalue weighted by atomic mass is 19.1. The minimum atomic E-state index is -1.29. The zero-order valence-electron chi connectivity index (χ0n) is 20.4. The van der Waals surface area contributed by atoms with Gasteiger partial charge in [0.2, 0.25) is 0 Å². The lowest BCUT2D eigenvalue weighted by Crippen LogP contribution is -1.95. The van der Waals surface area contributed by atoms with E-state index in [1.54, 1.807) is 18.2 Å². The first-order chi connectivity index (χ1) is 20.1. The second kappa shape index (κ2) is 10.9. The number of allylic oxidation sites excluding steroid dienone is 6. The molecule has 3 aromatic carbocycles. The van der Waals surface area contributed by atoms with Gasteiger partial charge < -0.3 is 0 Å². The molecule has 0 unspecified atom stereocenters. The smallest absolute Gasteiger partial charge is 0.141 e. The van der Waals surface area contributed by atoms with Crippen LogP contribution in [0.3, 0.4) is 0 Å². The summed E-state index contributed by atoms with van der Waals surface area (Å²) in [6, 6.07) is 11.8. The predicted octanol–water partition coefficient (Wildman–Crippen LogP) is 6.38. The van der Waals surface area contributed by atoms with E-state index in [4.69, 9.17) is 15.8 Å². The monoisotopic (exact) mass is 564 g/mol. The Balaban J connectivity index is 2.20. The normalized spacial score (nSPS) is 11.3.